The summed E-state index contributed by atoms with van der Waals surface area (Å²) in [6.07, 6.45) is 2.87. The number of aromatic nitrogens is 1. The van der Waals surface area contributed by atoms with E-state index in [2.05, 4.69) is 21.6 Å². The Morgan fingerprint density at radius 2 is 1.97 bits per heavy atom. The maximum Gasteiger partial charge on any atom is 0.264 e. The average Bonchev–Trinajstić information content (AvgIpc) is 3.38. The van der Waals surface area contributed by atoms with Gasteiger partial charge in [0.25, 0.3) is 10.0 Å². The molecule has 2 aromatic carbocycles. The molecule has 2 heterocycles. The number of thioether (sulfide) groups is 1. The number of carbonyl (C=O) groups excluding carboxylic acids is 1. The lowest BCUT2D eigenvalue weighted by molar-refractivity contribution is -0.117. The van der Waals surface area contributed by atoms with Crippen molar-refractivity contribution >= 4 is 65.0 Å². The molecule has 3 aromatic rings. The molecule has 0 fully saturated rings. The monoisotopic (exact) mass is 472 g/mol. The van der Waals surface area contributed by atoms with Crippen LogP contribution in [0, 0.1) is 0 Å². The van der Waals surface area contributed by atoms with Crippen LogP contribution in [-0.4, -0.2) is 30.3 Å². The number of fused-ring (bicyclic) bond motifs is 1. The molecule has 1 aromatic heterocycles. The van der Waals surface area contributed by atoms with Crippen LogP contribution in [0.15, 0.2) is 64.6 Å². The number of nitrogens with zero attached hydrogens (tertiary/aromatic N) is 2. The van der Waals surface area contributed by atoms with Crippen LogP contribution < -0.4 is 10.1 Å². The van der Waals surface area contributed by atoms with Gasteiger partial charge in [-0.15, -0.1) is 11.8 Å². The summed E-state index contributed by atoms with van der Waals surface area (Å²) >= 11 is 3.19. The molecule has 2 N–H and O–H groups in total. The number of para-hydroxylation sites is 1. The fourth-order valence-electron chi connectivity index (χ4n) is 3.10. The second-order valence-corrected chi connectivity index (χ2v) is 10.9. The number of benzene rings is 2. The van der Waals surface area contributed by atoms with Gasteiger partial charge in [-0.1, -0.05) is 41.7 Å². The summed E-state index contributed by atoms with van der Waals surface area (Å²) in [5.41, 5.74) is 5.72. The Bertz CT molecular complexity index is 1280. The van der Waals surface area contributed by atoms with Crippen molar-refractivity contribution in [1.29, 1.82) is 0 Å². The summed E-state index contributed by atoms with van der Waals surface area (Å²) in [5.74, 6) is -0.618. The van der Waals surface area contributed by atoms with Crippen LogP contribution >= 0.6 is 23.1 Å². The fourth-order valence-corrected chi connectivity index (χ4v) is 6.12. The van der Waals surface area contributed by atoms with Crippen LogP contribution in [0.2, 0.25) is 0 Å². The van der Waals surface area contributed by atoms with Gasteiger partial charge >= 0.3 is 0 Å². The molecule has 4 rings (SSSR count). The van der Waals surface area contributed by atoms with Crippen molar-refractivity contribution in [3.63, 3.8) is 0 Å². The quantitative estimate of drug-likeness (QED) is 0.406. The van der Waals surface area contributed by atoms with E-state index in [0.29, 0.717) is 0 Å². The first-order chi connectivity index (χ1) is 14.8. The number of hydrazone groups is 1. The number of hydrogen-bond acceptors (Lipinski definition) is 8. The van der Waals surface area contributed by atoms with Crippen LogP contribution in [0.4, 0.5) is 5.13 Å². The molecule has 160 valence electrons. The molecule has 0 saturated carbocycles. The van der Waals surface area contributed by atoms with Crippen LogP contribution in [-0.2, 0) is 14.8 Å². The molecule has 1 aliphatic heterocycles. The molecule has 0 radical (unpaired) electrons. The SMILES string of the molecule is CC(=O)NS(=O)(=O)c1cccc(C2=CCC(/C(C)=N/Nc3nc4ccccc4s3)S2)c1. The van der Waals surface area contributed by atoms with Gasteiger partial charge in [0.2, 0.25) is 11.0 Å². The zero-order valence-electron chi connectivity index (χ0n) is 16.8. The van der Waals surface area contributed by atoms with Gasteiger partial charge < -0.3 is 0 Å². The van der Waals surface area contributed by atoms with Crippen molar-refractivity contribution in [2.45, 2.75) is 30.4 Å². The van der Waals surface area contributed by atoms with Crippen molar-refractivity contribution in [2.24, 2.45) is 5.10 Å². The molecule has 1 unspecified atom stereocenters. The Morgan fingerprint density at radius 3 is 2.74 bits per heavy atom. The number of thiazole rings is 1. The van der Waals surface area contributed by atoms with E-state index in [1.54, 1.807) is 35.2 Å². The fraction of sp³-hybridized carbons (Fsp3) is 0.190. The molecule has 0 saturated heterocycles. The number of hydrogen-bond donors (Lipinski definition) is 2. The minimum absolute atomic E-state index is 0.0630. The van der Waals surface area contributed by atoms with Crippen LogP contribution in [0.25, 0.3) is 15.1 Å². The Hall–Kier alpha value is -2.69. The second-order valence-electron chi connectivity index (χ2n) is 6.95. The van der Waals surface area contributed by atoms with E-state index in [1.165, 1.54) is 13.0 Å². The number of anilines is 1. The van der Waals surface area contributed by atoms with Gasteiger partial charge in [-0.25, -0.2) is 18.1 Å². The topological polar surface area (TPSA) is 101 Å². The predicted octanol–water partition coefficient (Wildman–Crippen LogP) is 4.46. The highest BCUT2D eigenvalue weighted by Gasteiger charge is 2.23. The minimum Gasteiger partial charge on any atom is -0.274 e. The van der Waals surface area contributed by atoms with E-state index in [4.69, 9.17) is 0 Å². The first-order valence-electron chi connectivity index (χ1n) is 9.48. The van der Waals surface area contributed by atoms with Crippen LogP contribution in [0.1, 0.15) is 25.8 Å². The zero-order chi connectivity index (χ0) is 22.0. The van der Waals surface area contributed by atoms with Crippen molar-refractivity contribution in [1.82, 2.24) is 9.71 Å². The normalized spacial score (nSPS) is 16.9. The van der Waals surface area contributed by atoms with Crippen molar-refractivity contribution < 1.29 is 13.2 Å². The third kappa shape index (κ3) is 4.97. The van der Waals surface area contributed by atoms with E-state index < -0.39 is 15.9 Å². The summed E-state index contributed by atoms with van der Waals surface area (Å²) < 4.78 is 27.7. The number of allylic oxidation sites excluding steroid dienone is 1. The molecule has 1 aliphatic rings. The van der Waals surface area contributed by atoms with Crippen LogP contribution in [0.3, 0.4) is 0 Å². The summed E-state index contributed by atoms with van der Waals surface area (Å²) in [5, 5.41) is 5.40. The highest BCUT2D eigenvalue weighted by molar-refractivity contribution is 8.09. The highest BCUT2D eigenvalue weighted by Crippen LogP contribution is 2.40. The third-order valence-corrected chi connectivity index (χ3v) is 8.43. The van der Waals surface area contributed by atoms with Gasteiger partial charge in [0.1, 0.15) is 0 Å². The zero-order valence-corrected chi connectivity index (χ0v) is 19.3. The molecule has 10 heteroatoms. The maximum atomic E-state index is 12.3. The lowest BCUT2D eigenvalue weighted by Crippen LogP contribution is -2.28. The number of amides is 1. The smallest absolute Gasteiger partial charge is 0.264 e. The van der Waals surface area contributed by atoms with E-state index in [0.717, 1.165) is 37.9 Å². The molecular weight excluding hydrogens is 452 g/mol. The van der Waals surface area contributed by atoms with E-state index in [1.807, 2.05) is 42.0 Å². The second kappa shape index (κ2) is 8.81. The summed E-state index contributed by atoms with van der Waals surface area (Å²) in [6.45, 7) is 3.14. The molecular formula is C21H20N4O3S3. The van der Waals surface area contributed by atoms with Gasteiger partial charge in [0, 0.05) is 17.5 Å². The third-order valence-electron chi connectivity index (χ3n) is 4.58. The van der Waals surface area contributed by atoms with Gasteiger partial charge in [-0.3, -0.25) is 10.2 Å². The standard InChI is InChI=1S/C21H20N4O3S3/c1-13(23-24-21-22-17-8-3-4-9-20(17)30-21)18-10-11-19(29-18)15-6-5-7-16(12-15)31(27,28)25-14(2)26/h3-9,11-12,18H,10H2,1-2H3,(H,22,24)(H,25,26)/b23-13+. The number of rotatable bonds is 6. The number of carbonyl (C=O) groups is 1. The van der Waals surface area contributed by atoms with E-state index >= 15 is 0 Å². The molecule has 0 spiro atoms. The highest BCUT2D eigenvalue weighted by atomic mass is 32.2. The molecule has 31 heavy (non-hydrogen) atoms. The van der Waals surface area contributed by atoms with E-state index in [-0.39, 0.29) is 10.1 Å². The van der Waals surface area contributed by atoms with Crippen LogP contribution in [0.5, 0.6) is 0 Å². The Morgan fingerprint density at radius 1 is 1.16 bits per heavy atom. The molecule has 1 atom stereocenters. The maximum absolute atomic E-state index is 12.3. The lowest BCUT2D eigenvalue weighted by Gasteiger charge is -2.11. The van der Waals surface area contributed by atoms with Crippen molar-refractivity contribution in [3.8, 4) is 0 Å². The van der Waals surface area contributed by atoms with Gasteiger partial charge in [0.15, 0.2) is 0 Å². The number of sulfonamides is 1. The van der Waals surface area contributed by atoms with Gasteiger partial charge in [0.05, 0.1) is 20.4 Å². The Labute approximate surface area is 188 Å². The summed E-state index contributed by atoms with van der Waals surface area (Å²) in [4.78, 5) is 16.7. The predicted molar refractivity (Wildman–Crippen MR) is 128 cm³/mol. The van der Waals surface area contributed by atoms with E-state index in [9.17, 15) is 13.2 Å². The molecule has 0 bridgehead atoms. The summed E-state index contributed by atoms with van der Waals surface area (Å²) in [6, 6.07) is 14.5. The van der Waals surface area contributed by atoms with Gasteiger partial charge in [-0.2, -0.15) is 5.10 Å². The Balaban J connectivity index is 1.44. The minimum atomic E-state index is -3.87. The average molecular weight is 473 g/mol. The molecule has 7 nitrogen and oxygen atoms in total. The van der Waals surface area contributed by atoms with Gasteiger partial charge in [-0.05, 0) is 43.2 Å². The summed E-state index contributed by atoms with van der Waals surface area (Å²) in [7, 11) is -3.87. The first kappa shape index (κ1) is 21.5. The van der Waals surface area contributed by atoms with Crippen molar-refractivity contribution in [2.75, 3.05) is 5.43 Å². The first-order valence-corrected chi connectivity index (χ1v) is 12.7. The number of nitrogens with one attached hydrogen (secondary N) is 2. The molecule has 1 amide bonds. The molecule has 0 aliphatic carbocycles. The van der Waals surface area contributed by atoms with Crippen molar-refractivity contribution in [3.05, 3.63) is 60.2 Å². The largest absolute Gasteiger partial charge is 0.274 e. The lowest BCUT2D eigenvalue weighted by atomic mass is 10.1. The Kier molecular flexibility index (Phi) is 6.12.